The molecule has 1 aromatic carbocycles. The van der Waals surface area contributed by atoms with Crippen molar-refractivity contribution in [2.24, 2.45) is 0 Å². The quantitative estimate of drug-likeness (QED) is 0.435. The Balaban J connectivity index is 1.83. The highest BCUT2D eigenvalue weighted by atomic mass is 16.7. The van der Waals surface area contributed by atoms with Gasteiger partial charge >= 0.3 is 0 Å². The van der Waals surface area contributed by atoms with Crippen molar-refractivity contribution in [1.29, 1.82) is 0 Å². The number of benzene rings is 1. The molecule has 2 aromatic rings. The van der Waals surface area contributed by atoms with Crippen LogP contribution in [0, 0.1) is 0 Å². The molecule has 1 aliphatic rings. The van der Waals surface area contributed by atoms with E-state index in [-0.39, 0.29) is 11.8 Å². The SMILES string of the molecule is CCCc1ccc(Cc2c(O[C@@H]3O[C@H](CO)[C@@H](O)[C@H](O)[C@H]3O)n[nH]c2C(C)C)cc1. The number of aryl methyl sites for hydroxylation is 1. The summed E-state index contributed by atoms with van der Waals surface area (Å²) < 4.78 is 11.3. The van der Waals surface area contributed by atoms with Crippen molar-refractivity contribution in [3.05, 3.63) is 46.6 Å². The van der Waals surface area contributed by atoms with Crippen LogP contribution >= 0.6 is 0 Å². The van der Waals surface area contributed by atoms with Gasteiger partial charge in [0, 0.05) is 17.7 Å². The summed E-state index contributed by atoms with van der Waals surface area (Å²) >= 11 is 0. The Hall–Kier alpha value is -1.97. The Kier molecular flexibility index (Phi) is 7.49. The molecule has 166 valence electrons. The molecule has 2 heterocycles. The first-order valence-electron chi connectivity index (χ1n) is 10.5. The predicted octanol–water partition coefficient (Wildman–Crippen LogP) is 1.26. The van der Waals surface area contributed by atoms with Crippen LogP contribution < -0.4 is 4.74 Å². The Bertz CT molecular complexity index is 804. The number of aromatic amines is 1. The molecule has 0 radical (unpaired) electrons. The third-order valence-electron chi connectivity index (χ3n) is 5.46. The highest BCUT2D eigenvalue weighted by Crippen LogP contribution is 2.31. The van der Waals surface area contributed by atoms with Gasteiger partial charge in [-0.25, -0.2) is 0 Å². The van der Waals surface area contributed by atoms with Crippen molar-refractivity contribution in [2.45, 2.75) is 76.7 Å². The zero-order chi connectivity index (χ0) is 21.8. The van der Waals surface area contributed by atoms with Gasteiger partial charge in [-0.15, -0.1) is 5.10 Å². The van der Waals surface area contributed by atoms with Crippen LogP contribution in [0.2, 0.25) is 0 Å². The van der Waals surface area contributed by atoms with Crippen LogP contribution in [0.4, 0.5) is 0 Å². The van der Waals surface area contributed by atoms with Crippen LogP contribution in [0.1, 0.15) is 55.5 Å². The van der Waals surface area contributed by atoms with Crippen molar-refractivity contribution in [1.82, 2.24) is 10.2 Å². The minimum Gasteiger partial charge on any atom is -0.443 e. The molecule has 1 saturated heterocycles. The topological polar surface area (TPSA) is 128 Å². The first kappa shape index (κ1) is 22.7. The van der Waals surface area contributed by atoms with Crippen molar-refractivity contribution in [2.75, 3.05) is 6.61 Å². The fraction of sp³-hybridized carbons (Fsp3) is 0.591. The van der Waals surface area contributed by atoms with Crippen LogP contribution in [-0.2, 0) is 17.6 Å². The van der Waals surface area contributed by atoms with Crippen LogP contribution in [-0.4, -0.2) is 67.9 Å². The smallest absolute Gasteiger partial charge is 0.238 e. The van der Waals surface area contributed by atoms with E-state index in [1.807, 2.05) is 13.8 Å². The summed E-state index contributed by atoms with van der Waals surface area (Å²) in [5.74, 6) is 0.430. The first-order valence-corrected chi connectivity index (χ1v) is 10.5. The molecule has 30 heavy (non-hydrogen) atoms. The number of H-pyrrole nitrogens is 1. The van der Waals surface area contributed by atoms with E-state index in [1.54, 1.807) is 0 Å². The molecular weight excluding hydrogens is 388 g/mol. The summed E-state index contributed by atoms with van der Waals surface area (Å²) in [6.07, 6.45) is -4.02. The number of aromatic nitrogens is 2. The summed E-state index contributed by atoms with van der Waals surface area (Å²) in [5.41, 5.74) is 4.13. The maximum absolute atomic E-state index is 10.3. The first-order chi connectivity index (χ1) is 14.3. The average Bonchev–Trinajstić information content (AvgIpc) is 3.12. The number of ether oxygens (including phenoxy) is 2. The van der Waals surface area contributed by atoms with Gasteiger partial charge in [0.05, 0.1) is 6.61 Å². The van der Waals surface area contributed by atoms with Crippen molar-refractivity contribution >= 4 is 0 Å². The third-order valence-corrected chi connectivity index (χ3v) is 5.46. The Labute approximate surface area is 176 Å². The van der Waals surface area contributed by atoms with Gasteiger partial charge in [0.25, 0.3) is 0 Å². The number of nitrogens with one attached hydrogen (secondary N) is 1. The van der Waals surface area contributed by atoms with Crippen molar-refractivity contribution in [3.8, 4) is 5.88 Å². The molecule has 8 nitrogen and oxygen atoms in total. The summed E-state index contributed by atoms with van der Waals surface area (Å²) in [6.45, 7) is 5.72. The standard InChI is InChI=1S/C22H32N2O6/c1-4-5-13-6-8-14(9-7-13)10-15-17(12(2)3)23-24-21(15)30-22-20(28)19(27)18(26)16(11-25)29-22/h6-9,12,16,18-20,22,25-28H,4-5,10-11H2,1-3H3,(H,23,24)/t16-,18-,19+,20-,22+/m1/s1. The molecule has 1 aliphatic heterocycles. The molecule has 0 saturated carbocycles. The van der Waals surface area contributed by atoms with Gasteiger partial charge in [-0.05, 0) is 23.5 Å². The molecule has 1 fully saturated rings. The molecule has 5 N–H and O–H groups in total. The molecule has 0 spiro atoms. The van der Waals surface area contributed by atoms with Crippen LogP contribution in [0.25, 0.3) is 0 Å². The van der Waals surface area contributed by atoms with Crippen LogP contribution in [0.3, 0.4) is 0 Å². The highest BCUT2D eigenvalue weighted by Gasteiger charge is 2.45. The average molecular weight is 421 g/mol. The minimum absolute atomic E-state index is 0.166. The van der Waals surface area contributed by atoms with E-state index in [9.17, 15) is 20.4 Å². The number of rotatable bonds is 8. The van der Waals surface area contributed by atoms with E-state index in [0.29, 0.717) is 6.42 Å². The lowest BCUT2D eigenvalue weighted by Crippen LogP contribution is -2.60. The summed E-state index contributed by atoms with van der Waals surface area (Å²) in [4.78, 5) is 0. The second kappa shape index (κ2) is 9.89. The lowest BCUT2D eigenvalue weighted by Gasteiger charge is -2.39. The van der Waals surface area contributed by atoms with Gasteiger partial charge in [-0.1, -0.05) is 51.5 Å². The highest BCUT2D eigenvalue weighted by molar-refractivity contribution is 5.38. The van der Waals surface area contributed by atoms with Crippen molar-refractivity contribution in [3.63, 3.8) is 0 Å². The zero-order valence-electron chi connectivity index (χ0n) is 17.7. The fourth-order valence-corrected chi connectivity index (χ4v) is 3.70. The monoisotopic (exact) mass is 420 g/mol. The molecule has 0 amide bonds. The Morgan fingerprint density at radius 2 is 1.73 bits per heavy atom. The molecular formula is C22H32N2O6. The number of hydrogen-bond donors (Lipinski definition) is 5. The van der Waals surface area contributed by atoms with E-state index < -0.39 is 37.3 Å². The van der Waals surface area contributed by atoms with Gasteiger partial charge in [-0.2, -0.15) is 0 Å². The van der Waals surface area contributed by atoms with E-state index >= 15 is 0 Å². The molecule has 3 rings (SSSR count). The lowest BCUT2D eigenvalue weighted by atomic mass is 9.98. The Morgan fingerprint density at radius 1 is 1.07 bits per heavy atom. The zero-order valence-corrected chi connectivity index (χ0v) is 17.7. The van der Waals surface area contributed by atoms with E-state index in [1.165, 1.54) is 5.56 Å². The second-order valence-corrected chi connectivity index (χ2v) is 8.13. The number of hydrogen-bond acceptors (Lipinski definition) is 7. The second-order valence-electron chi connectivity index (χ2n) is 8.13. The summed E-state index contributed by atoms with van der Waals surface area (Å²) in [7, 11) is 0. The number of aliphatic hydroxyl groups is 4. The maximum Gasteiger partial charge on any atom is 0.238 e. The van der Waals surface area contributed by atoms with E-state index in [2.05, 4.69) is 41.4 Å². The number of nitrogens with zero attached hydrogens (tertiary/aromatic N) is 1. The molecule has 0 bridgehead atoms. The lowest BCUT2D eigenvalue weighted by molar-refractivity contribution is -0.278. The molecule has 5 atom stereocenters. The van der Waals surface area contributed by atoms with Gasteiger partial charge in [0.2, 0.25) is 12.2 Å². The Morgan fingerprint density at radius 3 is 2.33 bits per heavy atom. The summed E-state index contributed by atoms with van der Waals surface area (Å²) in [5, 5.41) is 46.9. The minimum atomic E-state index is -1.50. The largest absolute Gasteiger partial charge is 0.443 e. The molecule has 8 heteroatoms. The van der Waals surface area contributed by atoms with Gasteiger partial charge < -0.3 is 29.9 Å². The van der Waals surface area contributed by atoms with Gasteiger partial charge in [0.15, 0.2) is 0 Å². The van der Waals surface area contributed by atoms with Gasteiger partial charge in [0.1, 0.15) is 24.4 Å². The normalized spacial score (nSPS) is 26.9. The molecule has 0 unspecified atom stereocenters. The van der Waals surface area contributed by atoms with Crippen LogP contribution in [0.5, 0.6) is 5.88 Å². The molecule has 1 aromatic heterocycles. The van der Waals surface area contributed by atoms with Gasteiger partial charge in [-0.3, -0.25) is 5.10 Å². The fourth-order valence-electron chi connectivity index (χ4n) is 3.70. The third kappa shape index (κ3) is 4.84. The van der Waals surface area contributed by atoms with Crippen LogP contribution in [0.15, 0.2) is 24.3 Å². The predicted molar refractivity (Wildman–Crippen MR) is 110 cm³/mol. The summed E-state index contributed by atoms with van der Waals surface area (Å²) in [6, 6.07) is 8.40. The van der Waals surface area contributed by atoms with E-state index in [0.717, 1.165) is 29.7 Å². The van der Waals surface area contributed by atoms with Crippen molar-refractivity contribution < 1.29 is 29.9 Å². The number of aliphatic hydroxyl groups excluding tert-OH is 4. The maximum atomic E-state index is 10.3. The molecule has 0 aliphatic carbocycles. The van der Waals surface area contributed by atoms with E-state index in [4.69, 9.17) is 9.47 Å².